The van der Waals surface area contributed by atoms with Crippen LogP contribution in [0.15, 0.2) is 0 Å². The van der Waals surface area contributed by atoms with Gasteiger partial charge in [-0.15, -0.1) is 0 Å². The number of ether oxygens (including phenoxy) is 1. The molecule has 0 spiro atoms. The SMILES string of the molecule is CC(C)CCCOC(=O)C(C)(C)C(C)C. The largest absolute Gasteiger partial charge is 0.465 e. The molecule has 0 aliphatic rings. The molecule has 0 saturated carbocycles. The van der Waals surface area contributed by atoms with Crippen LogP contribution in [0.2, 0.25) is 0 Å². The van der Waals surface area contributed by atoms with Crippen molar-refractivity contribution in [3.63, 3.8) is 0 Å². The van der Waals surface area contributed by atoms with Crippen molar-refractivity contribution in [1.29, 1.82) is 0 Å². The van der Waals surface area contributed by atoms with Gasteiger partial charge in [0.2, 0.25) is 0 Å². The Balaban J connectivity index is 3.84. The summed E-state index contributed by atoms with van der Waals surface area (Å²) in [6.45, 7) is 12.9. The lowest BCUT2D eigenvalue weighted by atomic mass is 9.81. The first-order valence-electron chi connectivity index (χ1n) is 5.95. The summed E-state index contributed by atoms with van der Waals surface area (Å²) in [7, 11) is 0. The lowest BCUT2D eigenvalue weighted by Gasteiger charge is -2.26. The summed E-state index contributed by atoms with van der Waals surface area (Å²) in [5.74, 6) is 0.929. The van der Waals surface area contributed by atoms with Crippen LogP contribution in [-0.4, -0.2) is 12.6 Å². The van der Waals surface area contributed by atoms with Gasteiger partial charge in [0.1, 0.15) is 0 Å². The standard InChI is InChI=1S/C13H26O2/c1-10(2)8-7-9-15-12(14)13(5,6)11(3)4/h10-11H,7-9H2,1-6H3. The lowest BCUT2D eigenvalue weighted by molar-refractivity contribution is -0.156. The Hall–Kier alpha value is -0.530. The van der Waals surface area contributed by atoms with Crippen LogP contribution in [0.25, 0.3) is 0 Å². The molecule has 0 unspecified atom stereocenters. The van der Waals surface area contributed by atoms with Gasteiger partial charge in [-0.05, 0) is 38.5 Å². The van der Waals surface area contributed by atoms with Crippen LogP contribution in [-0.2, 0) is 9.53 Å². The molecule has 0 aromatic heterocycles. The first-order chi connectivity index (χ1) is 6.78. The van der Waals surface area contributed by atoms with Gasteiger partial charge < -0.3 is 4.74 Å². The summed E-state index contributed by atoms with van der Waals surface area (Å²) in [4.78, 5) is 11.7. The van der Waals surface area contributed by atoms with E-state index in [-0.39, 0.29) is 11.4 Å². The number of rotatable bonds is 6. The molecule has 15 heavy (non-hydrogen) atoms. The van der Waals surface area contributed by atoms with Crippen molar-refractivity contribution < 1.29 is 9.53 Å². The molecule has 0 N–H and O–H groups in total. The van der Waals surface area contributed by atoms with E-state index in [2.05, 4.69) is 27.7 Å². The Morgan fingerprint density at radius 1 is 1.20 bits per heavy atom. The highest BCUT2D eigenvalue weighted by Gasteiger charge is 2.32. The topological polar surface area (TPSA) is 26.3 Å². The van der Waals surface area contributed by atoms with Crippen LogP contribution >= 0.6 is 0 Å². The maximum absolute atomic E-state index is 11.7. The minimum absolute atomic E-state index is 0.0683. The summed E-state index contributed by atoms with van der Waals surface area (Å²) in [5, 5.41) is 0. The molecular formula is C13H26O2. The van der Waals surface area contributed by atoms with E-state index in [4.69, 9.17) is 4.74 Å². The minimum atomic E-state index is -0.363. The van der Waals surface area contributed by atoms with E-state index in [0.29, 0.717) is 18.4 Å². The second kappa shape index (κ2) is 6.14. The van der Waals surface area contributed by atoms with E-state index in [1.807, 2.05) is 13.8 Å². The third kappa shape index (κ3) is 5.19. The summed E-state index contributed by atoms with van der Waals surface area (Å²) in [5.41, 5.74) is -0.363. The van der Waals surface area contributed by atoms with Crippen LogP contribution in [0.1, 0.15) is 54.4 Å². The van der Waals surface area contributed by atoms with E-state index in [9.17, 15) is 4.79 Å². The van der Waals surface area contributed by atoms with Gasteiger partial charge in [0.25, 0.3) is 0 Å². The molecule has 0 radical (unpaired) electrons. The van der Waals surface area contributed by atoms with E-state index < -0.39 is 0 Å². The van der Waals surface area contributed by atoms with Crippen molar-refractivity contribution in [3.8, 4) is 0 Å². The van der Waals surface area contributed by atoms with Gasteiger partial charge in [0, 0.05) is 0 Å². The predicted molar refractivity (Wildman–Crippen MR) is 63.7 cm³/mol. The fourth-order valence-electron chi connectivity index (χ4n) is 1.08. The van der Waals surface area contributed by atoms with Crippen molar-refractivity contribution in [3.05, 3.63) is 0 Å². The Kier molecular flexibility index (Phi) is 5.92. The molecule has 0 heterocycles. The zero-order chi connectivity index (χ0) is 12.1. The average molecular weight is 214 g/mol. The van der Waals surface area contributed by atoms with Crippen molar-refractivity contribution in [1.82, 2.24) is 0 Å². The van der Waals surface area contributed by atoms with E-state index in [1.54, 1.807) is 0 Å². The zero-order valence-corrected chi connectivity index (χ0v) is 11.1. The molecule has 0 fully saturated rings. The predicted octanol–water partition coefficient (Wildman–Crippen LogP) is 3.65. The molecule has 0 aromatic carbocycles. The van der Waals surface area contributed by atoms with E-state index in [1.165, 1.54) is 0 Å². The van der Waals surface area contributed by atoms with Crippen molar-refractivity contribution in [2.75, 3.05) is 6.61 Å². The summed E-state index contributed by atoms with van der Waals surface area (Å²) < 4.78 is 5.28. The molecule has 0 bridgehead atoms. The number of carbonyl (C=O) groups is 1. The Bertz CT molecular complexity index is 193. The normalized spacial score (nSPS) is 12.3. The van der Waals surface area contributed by atoms with Crippen LogP contribution in [0.5, 0.6) is 0 Å². The number of carbonyl (C=O) groups excluding carboxylic acids is 1. The van der Waals surface area contributed by atoms with E-state index in [0.717, 1.165) is 12.8 Å². The Morgan fingerprint density at radius 3 is 2.13 bits per heavy atom. The molecule has 90 valence electrons. The van der Waals surface area contributed by atoms with Gasteiger partial charge in [0.05, 0.1) is 12.0 Å². The van der Waals surface area contributed by atoms with Gasteiger partial charge in [-0.25, -0.2) is 0 Å². The summed E-state index contributed by atoms with van der Waals surface area (Å²) >= 11 is 0. The van der Waals surface area contributed by atoms with Crippen molar-refractivity contribution in [2.24, 2.45) is 17.3 Å². The molecular weight excluding hydrogens is 188 g/mol. The Morgan fingerprint density at radius 2 is 1.73 bits per heavy atom. The molecule has 0 amide bonds. The van der Waals surface area contributed by atoms with Crippen LogP contribution in [0.3, 0.4) is 0 Å². The fourth-order valence-corrected chi connectivity index (χ4v) is 1.08. The number of hydrogen-bond donors (Lipinski definition) is 0. The van der Waals surface area contributed by atoms with Gasteiger partial charge in [0.15, 0.2) is 0 Å². The molecule has 0 aliphatic heterocycles. The summed E-state index contributed by atoms with van der Waals surface area (Å²) in [6.07, 6.45) is 2.09. The maximum Gasteiger partial charge on any atom is 0.311 e. The molecule has 0 rings (SSSR count). The fraction of sp³-hybridized carbons (Fsp3) is 0.923. The first-order valence-corrected chi connectivity index (χ1v) is 5.95. The molecule has 2 nitrogen and oxygen atoms in total. The first kappa shape index (κ1) is 14.5. The van der Waals surface area contributed by atoms with Crippen LogP contribution in [0.4, 0.5) is 0 Å². The smallest absolute Gasteiger partial charge is 0.311 e. The Labute approximate surface area is 94.4 Å². The third-order valence-corrected chi connectivity index (χ3v) is 3.13. The molecule has 0 saturated heterocycles. The summed E-state index contributed by atoms with van der Waals surface area (Å²) in [6, 6.07) is 0. The van der Waals surface area contributed by atoms with Crippen LogP contribution < -0.4 is 0 Å². The highest BCUT2D eigenvalue weighted by Crippen LogP contribution is 2.27. The highest BCUT2D eigenvalue weighted by atomic mass is 16.5. The number of hydrogen-bond acceptors (Lipinski definition) is 2. The van der Waals surface area contributed by atoms with Crippen molar-refractivity contribution >= 4 is 5.97 Å². The van der Waals surface area contributed by atoms with Crippen LogP contribution in [0, 0.1) is 17.3 Å². The van der Waals surface area contributed by atoms with E-state index >= 15 is 0 Å². The average Bonchev–Trinajstić information content (AvgIpc) is 2.11. The molecule has 0 atom stereocenters. The zero-order valence-electron chi connectivity index (χ0n) is 11.1. The van der Waals surface area contributed by atoms with Gasteiger partial charge in [-0.2, -0.15) is 0 Å². The van der Waals surface area contributed by atoms with Crippen molar-refractivity contribution in [2.45, 2.75) is 54.4 Å². The van der Waals surface area contributed by atoms with Gasteiger partial charge >= 0.3 is 5.97 Å². The quantitative estimate of drug-likeness (QED) is 0.498. The molecule has 0 aliphatic carbocycles. The third-order valence-electron chi connectivity index (χ3n) is 3.13. The van der Waals surface area contributed by atoms with Gasteiger partial charge in [-0.3, -0.25) is 4.79 Å². The number of esters is 1. The second-order valence-corrected chi connectivity index (χ2v) is 5.55. The minimum Gasteiger partial charge on any atom is -0.465 e. The monoisotopic (exact) mass is 214 g/mol. The van der Waals surface area contributed by atoms with Gasteiger partial charge in [-0.1, -0.05) is 27.7 Å². The molecule has 0 aromatic rings. The highest BCUT2D eigenvalue weighted by molar-refractivity contribution is 5.76. The second-order valence-electron chi connectivity index (χ2n) is 5.55. The maximum atomic E-state index is 11.7. The lowest BCUT2D eigenvalue weighted by Crippen LogP contribution is -2.32. The molecule has 2 heteroatoms.